The number of hydrogen-bond acceptors (Lipinski definition) is 6. The zero-order chi connectivity index (χ0) is 15.6. The third-order valence-corrected chi connectivity index (χ3v) is 2.90. The molecule has 0 aliphatic carbocycles. The Morgan fingerprint density at radius 3 is 2.52 bits per heavy atom. The first kappa shape index (κ1) is 14.9. The van der Waals surface area contributed by atoms with Crippen LogP contribution in [0.4, 0.5) is 4.79 Å². The van der Waals surface area contributed by atoms with Gasteiger partial charge in [0, 0.05) is 12.4 Å². The Labute approximate surface area is 119 Å². The maximum Gasteiger partial charge on any atom is 0.446 e. The summed E-state index contributed by atoms with van der Waals surface area (Å²) in [4.78, 5) is 11.3. The van der Waals surface area contributed by atoms with Gasteiger partial charge >= 0.3 is 16.5 Å². The molecule has 0 bridgehead atoms. The van der Waals surface area contributed by atoms with E-state index in [-0.39, 0.29) is 5.39 Å². The number of rotatable bonds is 3. The molecule has 0 saturated carbocycles. The Morgan fingerprint density at radius 1 is 1.24 bits per heavy atom. The van der Waals surface area contributed by atoms with Crippen LogP contribution in [-0.4, -0.2) is 31.2 Å². The van der Waals surface area contributed by atoms with E-state index in [0.29, 0.717) is 5.39 Å². The molecule has 0 heterocycles. The quantitative estimate of drug-likeness (QED) is 0.733. The lowest BCUT2D eigenvalue weighted by Gasteiger charge is -2.13. The second kappa shape index (κ2) is 5.46. The summed E-state index contributed by atoms with van der Waals surface area (Å²) in [6.45, 7) is 0. The zero-order valence-corrected chi connectivity index (χ0v) is 11.5. The summed E-state index contributed by atoms with van der Waals surface area (Å²) in [5.41, 5.74) is 0. The van der Waals surface area contributed by atoms with Crippen molar-refractivity contribution in [3.63, 3.8) is 0 Å². The van der Waals surface area contributed by atoms with Crippen LogP contribution in [0.3, 0.4) is 0 Å². The Morgan fingerprint density at radius 2 is 1.90 bits per heavy atom. The Kier molecular flexibility index (Phi) is 3.87. The lowest BCUT2D eigenvalue weighted by atomic mass is 10.1. The molecule has 0 aliphatic rings. The predicted molar refractivity (Wildman–Crippen MR) is 72.9 cm³/mol. The highest BCUT2D eigenvalue weighted by Crippen LogP contribution is 2.43. The van der Waals surface area contributed by atoms with Gasteiger partial charge in [-0.3, -0.25) is 4.55 Å². The average Bonchev–Trinajstić information content (AvgIpc) is 2.41. The molecule has 2 aromatic rings. The topological polar surface area (TPSA) is 122 Å². The minimum atomic E-state index is -4.87. The molecule has 0 aliphatic heterocycles. The number of phenolic OH excluding ortho intramolecular Hbond substituents is 1. The summed E-state index contributed by atoms with van der Waals surface area (Å²) in [6, 6.07) is 7.56. The molecule has 0 atom stereocenters. The third kappa shape index (κ3) is 3.33. The fourth-order valence-electron chi connectivity index (χ4n) is 1.71. The molecule has 2 rings (SSSR count). The van der Waals surface area contributed by atoms with Gasteiger partial charge in [0.15, 0.2) is 11.5 Å². The van der Waals surface area contributed by atoms with Crippen LogP contribution in [0, 0.1) is 0 Å². The van der Waals surface area contributed by atoms with E-state index in [1.54, 1.807) is 18.2 Å². The SMILES string of the molecule is CNC(=O)Oc1c(O)cc2ccccc2c1OS(=O)(=O)O. The van der Waals surface area contributed by atoms with Crippen LogP contribution in [0.25, 0.3) is 10.8 Å². The van der Waals surface area contributed by atoms with Crippen molar-refractivity contribution in [2.45, 2.75) is 0 Å². The summed E-state index contributed by atoms with van der Waals surface area (Å²) < 4.78 is 40.0. The van der Waals surface area contributed by atoms with E-state index < -0.39 is 33.7 Å². The lowest BCUT2D eigenvalue weighted by molar-refractivity contribution is 0.199. The highest BCUT2D eigenvalue weighted by Gasteiger charge is 2.22. The summed E-state index contributed by atoms with van der Waals surface area (Å²) in [6.07, 6.45) is -0.944. The Hall–Kier alpha value is -2.52. The normalized spacial score (nSPS) is 11.1. The van der Waals surface area contributed by atoms with E-state index in [2.05, 4.69) is 9.50 Å². The van der Waals surface area contributed by atoms with Gasteiger partial charge in [-0.15, -0.1) is 0 Å². The van der Waals surface area contributed by atoms with Gasteiger partial charge in [0.2, 0.25) is 5.75 Å². The maximum atomic E-state index is 11.3. The van der Waals surface area contributed by atoms with Crippen molar-refractivity contribution in [1.82, 2.24) is 5.32 Å². The van der Waals surface area contributed by atoms with Crippen molar-refractivity contribution in [1.29, 1.82) is 0 Å². The molecule has 9 heteroatoms. The number of hydrogen-bond donors (Lipinski definition) is 3. The first-order valence-corrected chi connectivity index (χ1v) is 6.99. The van der Waals surface area contributed by atoms with Gasteiger partial charge in [0.1, 0.15) is 0 Å². The van der Waals surface area contributed by atoms with E-state index in [0.717, 1.165) is 0 Å². The summed E-state index contributed by atoms with van der Waals surface area (Å²) in [5, 5.41) is 12.7. The second-order valence-electron chi connectivity index (χ2n) is 3.93. The van der Waals surface area contributed by atoms with Gasteiger partial charge in [-0.05, 0) is 11.5 Å². The molecule has 0 unspecified atom stereocenters. The fourth-order valence-corrected chi connectivity index (χ4v) is 2.09. The number of fused-ring (bicyclic) bond motifs is 1. The molecule has 0 radical (unpaired) electrons. The van der Waals surface area contributed by atoms with Gasteiger partial charge in [-0.1, -0.05) is 24.3 Å². The molecule has 3 N–H and O–H groups in total. The number of phenols is 1. The van der Waals surface area contributed by atoms with Crippen LogP contribution in [0.5, 0.6) is 17.2 Å². The number of benzene rings is 2. The standard InChI is InChI=1S/C12H11NO7S/c1-13-12(15)19-11-9(14)6-7-4-2-3-5-8(7)10(11)20-21(16,17)18/h2-6,14H,1H3,(H,13,15)(H,16,17,18). The zero-order valence-electron chi connectivity index (χ0n) is 10.7. The minimum absolute atomic E-state index is 0.229. The summed E-state index contributed by atoms with van der Waals surface area (Å²) >= 11 is 0. The highest BCUT2D eigenvalue weighted by molar-refractivity contribution is 7.81. The average molecular weight is 313 g/mol. The number of nitrogens with one attached hydrogen (secondary N) is 1. The van der Waals surface area contributed by atoms with Crippen LogP contribution in [0.2, 0.25) is 0 Å². The smallest absolute Gasteiger partial charge is 0.446 e. The first-order chi connectivity index (χ1) is 9.81. The van der Waals surface area contributed by atoms with Crippen molar-refractivity contribution in [3.05, 3.63) is 30.3 Å². The van der Waals surface area contributed by atoms with Crippen LogP contribution in [0.1, 0.15) is 0 Å². The van der Waals surface area contributed by atoms with Gasteiger partial charge in [-0.2, -0.15) is 8.42 Å². The van der Waals surface area contributed by atoms with E-state index in [4.69, 9.17) is 9.29 Å². The van der Waals surface area contributed by atoms with E-state index >= 15 is 0 Å². The van der Waals surface area contributed by atoms with E-state index in [9.17, 15) is 18.3 Å². The monoisotopic (exact) mass is 313 g/mol. The van der Waals surface area contributed by atoms with Crippen LogP contribution >= 0.6 is 0 Å². The molecular formula is C12H11NO7S. The third-order valence-electron chi connectivity index (χ3n) is 2.52. The van der Waals surface area contributed by atoms with Gasteiger partial charge in [-0.25, -0.2) is 4.79 Å². The molecule has 1 amide bonds. The number of amides is 1. The molecule has 0 fully saturated rings. The van der Waals surface area contributed by atoms with Crippen molar-refractivity contribution in [2.24, 2.45) is 0 Å². The predicted octanol–water partition coefficient (Wildman–Crippen LogP) is 1.45. The number of carbonyl (C=O) groups excluding carboxylic acids is 1. The first-order valence-electron chi connectivity index (χ1n) is 5.63. The molecule has 0 saturated heterocycles. The van der Waals surface area contributed by atoms with Crippen molar-refractivity contribution in [3.8, 4) is 17.2 Å². The van der Waals surface area contributed by atoms with Crippen molar-refractivity contribution in [2.75, 3.05) is 7.05 Å². The second-order valence-corrected chi connectivity index (χ2v) is 4.95. The lowest BCUT2D eigenvalue weighted by Crippen LogP contribution is -2.22. The number of ether oxygens (including phenoxy) is 1. The molecule has 0 aromatic heterocycles. The van der Waals surface area contributed by atoms with Crippen LogP contribution in [-0.2, 0) is 10.4 Å². The molecule has 2 aromatic carbocycles. The molecule has 8 nitrogen and oxygen atoms in total. The number of aromatic hydroxyl groups is 1. The summed E-state index contributed by atoms with van der Waals surface area (Å²) in [7, 11) is -3.59. The van der Waals surface area contributed by atoms with E-state index in [1.165, 1.54) is 19.2 Å². The Balaban J connectivity index is 2.72. The molecule has 21 heavy (non-hydrogen) atoms. The molecule has 112 valence electrons. The minimum Gasteiger partial charge on any atom is -0.504 e. The molecule has 0 spiro atoms. The van der Waals surface area contributed by atoms with Gasteiger partial charge in [0.05, 0.1) is 0 Å². The largest absolute Gasteiger partial charge is 0.504 e. The van der Waals surface area contributed by atoms with E-state index in [1.807, 2.05) is 0 Å². The van der Waals surface area contributed by atoms with Gasteiger partial charge in [0.25, 0.3) is 0 Å². The Bertz CT molecular complexity index is 801. The highest BCUT2D eigenvalue weighted by atomic mass is 32.3. The van der Waals surface area contributed by atoms with Crippen molar-refractivity contribution >= 4 is 27.3 Å². The van der Waals surface area contributed by atoms with Gasteiger partial charge < -0.3 is 19.3 Å². The number of carbonyl (C=O) groups is 1. The fraction of sp³-hybridized carbons (Fsp3) is 0.0833. The van der Waals surface area contributed by atoms with Crippen LogP contribution in [0.15, 0.2) is 30.3 Å². The summed E-state index contributed by atoms with van der Waals surface area (Å²) in [5.74, 6) is -1.53. The maximum absolute atomic E-state index is 11.3. The van der Waals surface area contributed by atoms with Crippen LogP contribution < -0.4 is 14.2 Å². The van der Waals surface area contributed by atoms with Crippen molar-refractivity contribution < 1.29 is 31.8 Å². The molecular weight excluding hydrogens is 302 g/mol.